The summed E-state index contributed by atoms with van der Waals surface area (Å²) in [4.78, 5) is 4.30. The molecule has 1 rings (SSSR count). The second-order valence-electron chi connectivity index (χ2n) is 6.28. The minimum atomic E-state index is -2.31. The Morgan fingerprint density at radius 1 is 0.952 bits per heavy atom. The van der Waals surface area contributed by atoms with Gasteiger partial charge in [0.25, 0.3) is 0 Å². The third-order valence-electron chi connectivity index (χ3n) is 4.62. The zero-order valence-corrected chi connectivity index (χ0v) is 17.1. The van der Waals surface area contributed by atoms with Crippen molar-refractivity contribution in [3.8, 4) is 0 Å². The third kappa shape index (κ3) is 5.90. The molecule has 1 aromatic heterocycles. The van der Waals surface area contributed by atoms with Crippen molar-refractivity contribution < 1.29 is 5.11 Å². The van der Waals surface area contributed by atoms with E-state index in [1.54, 1.807) is 3.58 Å². The number of nitrogens with zero attached hydrogens (tertiary/aromatic N) is 1. The van der Waals surface area contributed by atoms with E-state index in [0.717, 1.165) is 5.69 Å². The van der Waals surface area contributed by atoms with Crippen LogP contribution >= 0.6 is 0 Å². The molecular weight excluding hydrogens is 365 g/mol. The zero-order valence-electron chi connectivity index (χ0n) is 14.2. The van der Waals surface area contributed by atoms with Crippen LogP contribution in [0.2, 0.25) is 13.3 Å². The van der Waals surface area contributed by atoms with Crippen LogP contribution < -0.4 is 3.58 Å². The Morgan fingerprint density at radius 2 is 1.48 bits per heavy atom. The van der Waals surface area contributed by atoms with Crippen molar-refractivity contribution in [1.29, 1.82) is 0 Å². The molecular formula is C18H33NOSn. The number of aliphatic hydroxyl groups is 1. The molecule has 0 atom stereocenters. The molecule has 0 saturated carbocycles. The first-order valence-electron chi connectivity index (χ1n) is 8.78. The van der Waals surface area contributed by atoms with Crippen molar-refractivity contribution in [2.45, 2.75) is 79.2 Å². The van der Waals surface area contributed by atoms with Crippen LogP contribution in [-0.4, -0.2) is 28.5 Å². The summed E-state index contributed by atoms with van der Waals surface area (Å²) in [6.07, 6.45) is 9.95. The van der Waals surface area contributed by atoms with Crippen molar-refractivity contribution >= 4 is 22.0 Å². The Morgan fingerprint density at radius 3 is 1.90 bits per heavy atom. The van der Waals surface area contributed by atoms with E-state index in [1.165, 1.54) is 51.8 Å². The summed E-state index contributed by atoms with van der Waals surface area (Å²) in [5.41, 5.74) is 0.859. The quantitative estimate of drug-likeness (QED) is 0.552. The minimum absolute atomic E-state index is 0.0745. The maximum absolute atomic E-state index is 9.42. The maximum atomic E-state index is 9.42. The molecule has 0 aliphatic carbocycles. The molecule has 0 aliphatic rings. The number of aliphatic hydroxyl groups excluding tert-OH is 1. The molecule has 2 nitrogen and oxygen atoms in total. The summed E-state index contributed by atoms with van der Waals surface area (Å²) in [5.74, 6) is 0. The number of pyridine rings is 1. The third-order valence-corrected chi connectivity index (χ3v) is 20.2. The molecule has 1 heterocycles. The second-order valence-corrected chi connectivity index (χ2v) is 19.5. The summed E-state index contributed by atoms with van der Waals surface area (Å²) in [5, 5.41) is 9.42. The molecule has 120 valence electrons. The molecule has 0 amide bonds. The first kappa shape index (κ1) is 19.0. The van der Waals surface area contributed by atoms with Crippen LogP contribution in [0.25, 0.3) is 0 Å². The Balaban J connectivity index is 3.09. The molecule has 0 fully saturated rings. The standard InChI is InChI=1S/C6H6NO.3C4H9.Sn/c8-5-6-3-1-2-4-7-6;3*1-3-4-2;/h2-4,8H,5H2;3*1,3-4H2,2H3;. The molecule has 0 unspecified atom stereocenters. The van der Waals surface area contributed by atoms with Gasteiger partial charge < -0.3 is 0 Å². The molecule has 3 heteroatoms. The van der Waals surface area contributed by atoms with Crippen LogP contribution in [-0.2, 0) is 6.61 Å². The van der Waals surface area contributed by atoms with Crippen molar-refractivity contribution in [3.63, 3.8) is 0 Å². The summed E-state index contributed by atoms with van der Waals surface area (Å²) in [7, 11) is 0. The van der Waals surface area contributed by atoms with Crippen molar-refractivity contribution in [2.24, 2.45) is 0 Å². The fourth-order valence-electron chi connectivity index (χ4n) is 3.25. The van der Waals surface area contributed by atoms with Crippen LogP contribution in [0.15, 0.2) is 18.3 Å². The van der Waals surface area contributed by atoms with E-state index >= 15 is 0 Å². The number of unbranched alkanes of at least 4 members (excludes halogenated alkanes) is 3. The number of hydrogen-bond acceptors (Lipinski definition) is 2. The number of rotatable bonds is 11. The van der Waals surface area contributed by atoms with E-state index in [-0.39, 0.29) is 6.61 Å². The van der Waals surface area contributed by atoms with Gasteiger partial charge in [-0.25, -0.2) is 0 Å². The van der Waals surface area contributed by atoms with Crippen LogP contribution in [0.4, 0.5) is 0 Å². The van der Waals surface area contributed by atoms with Crippen LogP contribution in [0.3, 0.4) is 0 Å². The van der Waals surface area contributed by atoms with E-state index in [4.69, 9.17) is 0 Å². The summed E-state index contributed by atoms with van der Waals surface area (Å²) in [6, 6.07) is 4.51. The Kier molecular flexibility index (Phi) is 9.57. The average molecular weight is 398 g/mol. The molecule has 0 spiro atoms. The molecule has 21 heavy (non-hydrogen) atoms. The van der Waals surface area contributed by atoms with Gasteiger partial charge in [0.15, 0.2) is 0 Å². The van der Waals surface area contributed by atoms with E-state index in [9.17, 15) is 5.11 Å². The first-order chi connectivity index (χ1) is 10.2. The fourth-order valence-corrected chi connectivity index (χ4v) is 19.3. The SMILES string of the molecule is CCC[CH2][Sn]([CH2]CCC)([CH2]CCC)[c]1ccnc(CO)c1. The predicted molar refractivity (Wildman–Crippen MR) is 94.7 cm³/mol. The van der Waals surface area contributed by atoms with Gasteiger partial charge in [-0.2, -0.15) is 0 Å². The summed E-state index contributed by atoms with van der Waals surface area (Å²) >= 11 is -2.31. The first-order valence-corrected chi connectivity index (χ1v) is 16.3. The topological polar surface area (TPSA) is 33.1 Å². The number of hydrogen-bond donors (Lipinski definition) is 1. The van der Waals surface area contributed by atoms with Crippen molar-refractivity contribution in [2.75, 3.05) is 0 Å². The zero-order chi connectivity index (χ0) is 15.6. The molecule has 0 aromatic carbocycles. The number of aromatic nitrogens is 1. The Hall–Kier alpha value is -0.0913. The molecule has 1 aromatic rings. The van der Waals surface area contributed by atoms with Gasteiger partial charge in [-0.05, 0) is 0 Å². The molecule has 0 aliphatic heterocycles. The van der Waals surface area contributed by atoms with Gasteiger partial charge in [0, 0.05) is 0 Å². The van der Waals surface area contributed by atoms with Gasteiger partial charge in [0.1, 0.15) is 0 Å². The summed E-state index contributed by atoms with van der Waals surface area (Å²) in [6.45, 7) is 7.00. The second kappa shape index (κ2) is 10.6. The van der Waals surface area contributed by atoms with E-state index in [1.807, 2.05) is 6.20 Å². The van der Waals surface area contributed by atoms with Crippen LogP contribution in [0, 0.1) is 0 Å². The Labute approximate surface area is 135 Å². The van der Waals surface area contributed by atoms with Crippen molar-refractivity contribution in [1.82, 2.24) is 4.98 Å². The van der Waals surface area contributed by atoms with Crippen LogP contribution in [0.1, 0.15) is 65.0 Å². The monoisotopic (exact) mass is 399 g/mol. The molecule has 1 N–H and O–H groups in total. The Bertz CT molecular complexity index is 373. The normalized spacial score (nSPS) is 11.8. The molecule has 0 radical (unpaired) electrons. The van der Waals surface area contributed by atoms with Gasteiger partial charge >= 0.3 is 135 Å². The predicted octanol–water partition coefficient (Wildman–Crippen LogP) is 4.63. The van der Waals surface area contributed by atoms with Gasteiger partial charge in [-0.3, -0.25) is 0 Å². The van der Waals surface area contributed by atoms with Crippen LogP contribution in [0.5, 0.6) is 0 Å². The fraction of sp³-hybridized carbons (Fsp3) is 0.722. The molecule has 0 saturated heterocycles. The van der Waals surface area contributed by atoms with E-state index in [2.05, 4.69) is 37.9 Å². The van der Waals surface area contributed by atoms with E-state index in [0.29, 0.717) is 0 Å². The molecule has 0 bridgehead atoms. The van der Waals surface area contributed by atoms with Gasteiger partial charge in [0.05, 0.1) is 0 Å². The van der Waals surface area contributed by atoms with Gasteiger partial charge in [0.2, 0.25) is 0 Å². The average Bonchev–Trinajstić information content (AvgIpc) is 2.54. The summed E-state index contributed by atoms with van der Waals surface area (Å²) < 4.78 is 6.03. The van der Waals surface area contributed by atoms with Gasteiger partial charge in [-0.1, -0.05) is 0 Å². The van der Waals surface area contributed by atoms with Crippen molar-refractivity contribution in [3.05, 3.63) is 24.0 Å². The van der Waals surface area contributed by atoms with E-state index < -0.39 is 18.4 Å². The van der Waals surface area contributed by atoms with Gasteiger partial charge in [-0.15, -0.1) is 0 Å².